The molecule has 0 aliphatic rings. The van der Waals surface area contributed by atoms with Crippen LogP contribution in [0.15, 0.2) is 12.2 Å². The molecule has 1 unspecified atom stereocenters. The summed E-state index contributed by atoms with van der Waals surface area (Å²) in [6.07, 6.45) is 35.1. The Morgan fingerprint density at radius 3 is 1.42 bits per heavy atom. The second kappa shape index (κ2) is 35.5. The van der Waals surface area contributed by atoms with Crippen molar-refractivity contribution in [3.8, 4) is 0 Å². The summed E-state index contributed by atoms with van der Waals surface area (Å²) < 4.78 is 33.8. The highest BCUT2D eigenvalue weighted by Crippen LogP contribution is 2.38. The summed E-state index contributed by atoms with van der Waals surface area (Å²) in [5, 5.41) is 0. The second-order valence-electron chi connectivity index (χ2n) is 15.7. The van der Waals surface area contributed by atoms with Crippen LogP contribution in [0, 0.1) is 0 Å². The molecular formula is C42H82NO8P. The van der Waals surface area contributed by atoms with Crippen molar-refractivity contribution in [2.75, 3.05) is 47.5 Å². The number of carbonyl (C=O) groups is 2. The molecule has 0 aromatic carbocycles. The Bertz CT molecular complexity index is 907. The molecule has 0 N–H and O–H groups in total. The first-order valence-electron chi connectivity index (χ1n) is 21.4. The zero-order chi connectivity index (χ0) is 38.6. The number of hydrogen-bond donors (Lipinski definition) is 0. The molecule has 0 aromatic heterocycles. The Balaban J connectivity index is 4.37. The van der Waals surface area contributed by atoms with Crippen molar-refractivity contribution in [2.24, 2.45) is 0 Å². The number of ether oxygens (including phenoxy) is 2. The molecule has 0 amide bonds. The number of phosphoric acid groups is 1. The third-order valence-corrected chi connectivity index (χ3v) is 10.2. The van der Waals surface area contributed by atoms with Crippen molar-refractivity contribution in [1.82, 2.24) is 0 Å². The molecule has 0 fully saturated rings. The van der Waals surface area contributed by atoms with E-state index in [9.17, 15) is 19.0 Å². The molecule has 2 atom stereocenters. The average Bonchev–Trinajstić information content (AvgIpc) is 3.09. The molecule has 0 aliphatic heterocycles. The van der Waals surface area contributed by atoms with Crippen molar-refractivity contribution < 1.29 is 42.1 Å². The second-order valence-corrected chi connectivity index (χ2v) is 17.1. The van der Waals surface area contributed by atoms with Crippen LogP contribution in [-0.2, 0) is 32.7 Å². The van der Waals surface area contributed by atoms with Crippen LogP contribution in [0.25, 0.3) is 0 Å². The Hall–Kier alpha value is -1.25. The fourth-order valence-electron chi connectivity index (χ4n) is 5.88. The van der Waals surface area contributed by atoms with Crippen LogP contribution >= 0.6 is 7.82 Å². The van der Waals surface area contributed by atoms with E-state index in [0.29, 0.717) is 17.4 Å². The first-order chi connectivity index (χ1) is 25.0. The van der Waals surface area contributed by atoms with Gasteiger partial charge in [-0.25, -0.2) is 0 Å². The van der Waals surface area contributed by atoms with Crippen molar-refractivity contribution in [1.29, 1.82) is 0 Å². The van der Waals surface area contributed by atoms with E-state index in [1.165, 1.54) is 109 Å². The fourth-order valence-corrected chi connectivity index (χ4v) is 6.61. The van der Waals surface area contributed by atoms with E-state index < -0.39 is 26.5 Å². The number of unbranched alkanes of at least 4 members (excludes halogenated alkanes) is 23. The van der Waals surface area contributed by atoms with Crippen molar-refractivity contribution in [3.05, 3.63) is 12.2 Å². The van der Waals surface area contributed by atoms with E-state index in [-0.39, 0.29) is 32.0 Å². The van der Waals surface area contributed by atoms with E-state index in [0.717, 1.165) is 51.4 Å². The predicted octanol–water partition coefficient (Wildman–Crippen LogP) is 11.2. The maximum Gasteiger partial charge on any atom is 0.306 e. The summed E-state index contributed by atoms with van der Waals surface area (Å²) >= 11 is 0. The predicted molar refractivity (Wildman–Crippen MR) is 213 cm³/mol. The highest BCUT2D eigenvalue weighted by atomic mass is 31.2. The van der Waals surface area contributed by atoms with Gasteiger partial charge in [0.25, 0.3) is 7.82 Å². The van der Waals surface area contributed by atoms with Gasteiger partial charge in [0.2, 0.25) is 0 Å². The van der Waals surface area contributed by atoms with Crippen LogP contribution in [0.1, 0.15) is 194 Å². The van der Waals surface area contributed by atoms with E-state index in [4.69, 9.17) is 18.5 Å². The summed E-state index contributed by atoms with van der Waals surface area (Å²) in [5.74, 6) is -0.837. The number of hydrogen-bond acceptors (Lipinski definition) is 8. The summed E-state index contributed by atoms with van der Waals surface area (Å²) in [4.78, 5) is 37.4. The van der Waals surface area contributed by atoms with E-state index in [2.05, 4.69) is 26.0 Å². The summed E-state index contributed by atoms with van der Waals surface area (Å²) in [5.41, 5.74) is 0. The van der Waals surface area contributed by atoms with Crippen molar-refractivity contribution in [3.63, 3.8) is 0 Å². The van der Waals surface area contributed by atoms with E-state index in [1.54, 1.807) is 0 Å². The minimum Gasteiger partial charge on any atom is -0.756 e. The van der Waals surface area contributed by atoms with Gasteiger partial charge in [-0.05, 0) is 38.5 Å². The number of esters is 2. The number of rotatable bonds is 39. The maximum atomic E-state index is 12.6. The highest BCUT2D eigenvalue weighted by molar-refractivity contribution is 7.45. The van der Waals surface area contributed by atoms with Crippen LogP contribution in [0.5, 0.6) is 0 Å². The molecule has 308 valence electrons. The largest absolute Gasteiger partial charge is 0.756 e. The van der Waals surface area contributed by atoms with Gasteiger partial charge in [-0.15, -0.1) is 0 Å². The molecule has 0 heterocycles. The summed E-state index contributed by atoms with van der Waals surface area (Å²) in [6.45, 7) is 4.22. The van der Waals surface area contributed by atoms with Crippen LogP contribution in [0.3, 0.4) is 0 Å². The number of likely N-dealkylation sites (N-methyl/N-ethyl adjacent to an activating group) is 1. The zero-order valence-electron chi connectivity index (χ0n) is 34.5. The van der Waals surface area contributed by atoms with Crippen molar-refractivity contribution in [2.45, 2.75) is 200 Å². The smallest absolute Gasteiger partial charge is 0.306 e. The lowest BCUT2D eigenvalue weighted by Gasteiger charge is -2.28. The van der Waals surface area contributed by atoms with Gasteiger partial charge >= 0.3 is 11.9 Å². The van der Waals surface area contributed by atoms with E-state index >= 15 is 0 Å². The molecule has 0 radical (unpaired) electrons. The quantitative estimate of drug-likeness (QED) is 0.0200. The molecule has 0 aliphatic carbocycles. The van der Waals surface area contributed by atoms with Crippen LogP contribution < -0.4 is 4.89 Å². The number of quaternary nitrogens is 1. The van der Waals surface area contributed by atoms with Gasteiger partial charge in [0, 0.05) is 12.8 Å². The van der Waals surface area contributed by atoms with E-state index in [1.807, 2.05) is 21.1 Å². The first kappa shape index (κ1) is 50.8. The van der Waals surface area contributed by atoms with Crippen LogP contribution in [0.4, 0.5) is 0 Å². The number of allylic oxidation sites excluding steroid dienone is 2. The van der Waals surface area contributed by atoms with Crippen molar-refractivity contribution >= 4 is 19.8 Å². The molecule has 0 rings (SSSR count). The monoisotopic (exact) mass is 760 g/mol. The summed E-state index contributed by atoms with van der Waals surface area (Å²) in [6, 6.07) is 0. The minimum absolute atomic E-state index is 0.0294. The Morgan fingerprint density at radius 2 is 0.981 bits per heavy atom. The number of nitrogens with zero attached hydrogens (tertiary/aromatic N) is 1. The molecule has 0 saturated carbocycles. The first-order valence-corrected chi connectivity index (χ1v) is 22.9. The molecule has 0 saturated heterocycles. The molecule has 52 heavy (non-hydrogen) atoms. The van der Waals surface area contributed by atoms with Gasteiger partial charge in [0.1, 0.15) is 19.8 Å². The maximum absolute atomic E-state index is 12.6. The molecular weight excluding hydrogens is 677 g/mol. The minimum atomic E-state index is -4.62. The standard InChI is InChI=1S/C42H82NO8P/c1-6-8-10-12-14-16-18-20-22-24-26-28-30-32-34-41(44)48-38-40(39-50-52(46,47)49-37-36-43(3,4)5)51-42(45)35-33-31-29-27-25-23-21-19-17-15-13-11-9-7-2/h19,21,40H,6-18,20,22-39H2,1-5H3/b21-19+/t40-/m1/s1. The third-order valence-electron chi connectivity index (χ3n) is 9.29. The van der Waals surface area contributed by atoms with Crippen LogP contribution in [-0.4, -0.2) is 70.0 Å². The average molecular weight is 760 g/mol. The Labute approximate surface area is 320 Å². The lowest BCUT2D eigenvalue weighted by molar-refractivity contribution is -0.870. The Morgan fingerprint density at radius 1 is 0.577 bits per heavy atom. The number of phosphoric ester groups is 1. The lowest BCUT2D eigenvalue weighted by Crippen LogP contribution is -2.37. The molecule has 0 spiro atoms. The van der Waals surface area contributed by atoms with Gasteiger partial charge in [0.15, 0.2) is 6.10 Å². The van der Waals surface area contributed by atoms with Gasteiger partial charge in [-0.2, -0.15) is 0 Å². The van der Waals surface area contributed by atoms with Crippen LogP contribution in [0.2, 0.25) is 0 Å². The zero-order valence-corrected chi connectivity index (χ0v) is 35.4. The Kier molecular flexibility index (Phi) is 34.6. The van der Waals surface area contributed by atoms with Gasteiger partial charge in [0.05, 0.1) is 27.7 Å². The SMILES string of the molecule is CCCCCCC/C=C/CCCCCCCC(=O)O[C@H](COC(=O)CCCCCCCCCCCCCCCC)COP(=O)([O-])OCC[N+](C)(C)C. The normalized spacial score (nSPS) is 13.7. The molecule has 0 bridgehead atoms. The van der Waals surface area contributed by atoms with Gasteiger partial charge in [-0.1, -0.05) is 154 Å². The fraction of sp³-hybridized carbons (Fsp3) is 0.905. The van der Waals surface area contributed by atoms with Gasteiger partial charge in [-0.3, -0.25) is 14.2 Å². The third kappa shape index (κ3) is 38.5. The summed E-state index contributed by atoms with van der Waals surface area (Å²) in [7, 11) is 1.17. The van der Waals surface area contributed by atoms with Gasteiger partial charge < -0.3 is 27.9 Å². The molecule has 0 aromatic rings. The lowest BCUT2D eigenvalue weighted by atomic mass is 10.0. The number of carbonyl (C=O) groups excluding carboxylic acids is 2. The molecule has 9 nitrogen and oxygen atoms in total. The topological polar surface area (TPSA) is 111 Å². The molecule has 10 heteroatoms. The highest BCUT2D eigenvalue weighted by Gasteiger charge is 2.21.